The number of amides is 1. The van der Waals surface area contributed by atoms with Gasteiger partial charge in [-0.05, 0) is 31.2 Å². The Bertz CT molecular complexity index is 475. The zero-order valence-electron chi connectivity index (χ0n) is 12.4. The van der Waals surface area contributed by atoms with Gasteiger partial charge in [0.15, 0.2) is 0 Å². The molecule has 0 aliphatic rings. The van der Waals surface area contributed by atoms with Gasteiger partial charge in [-0.25, -0.2) is 4.39 Å². The van der Waals surface area contributed by atoms with Crippen LogP contribution < -0.4 is 10.1 Å². The zero-order valence-corrected chi connectivity index (χ0v) is 12.4. The number of carbonyl (C=O) groups is 2. The van der Waals surface area contributed by atoms with Crippen molar-refractivity contribution in [3.63, 3.8) is 0 Å². The molecule has 0 aliphatic carbocycles. The fraction of sp³-hybridized carbons (Fsp3) is 0.467. The van der Waals surface area contributed by atoms with Gasteiger partial charge in [-0.1, -0.05) is 6.92 Å². The van der Waals surface area contributed by atoms with Gasteiger partial charge < -0.3 is 14.8 Å². The Hall–Kier alpha value is -2.11. The van der Waals surface area contributed by atoms with Crippen molar-refractivity contribution < 1.29 is 23.5 Å². The second-order valence-corrected chi connectivity index (χ2v) is 4.81. The summed E-state index contributed by atoms with van der Waals surface area (Å²) in [6, 6.07) is 5.65. The number of hydrogen-bond donors (Lipinski definition) is 1. The molecule has 0 aliphatic heterocycles. The maximum absolute atomic E-state index is 12.7. The van der Waals surface area contributed by atoms with Gasteiger partial charge in [0.05, 0.1) is 19.6 Å². The van der Waals surface area contributed by atoms with Crippen molar-refractivity contribution in [3.05, 3.63) is 30.1 Å². The summed E-state index contributed by atoms with van der Waals surface area (Å²) in [5.41, 5.74) is 0. The second kappa shape index (κ2) is 8.24. The summed E-state index contributed by atoms with van der Waals surface area (Å²) in [6.45, 7) is 3.71. The Labute approximate surface area is 123 Å². The first-order valence-corrected chi connectivity index (χ1v) is 6.69. The second-order valence-electron chi connectivity index (χ2n) is 4.81. The van der Waals surface area contributed by atoms with Gasteiger partial charge in [0.25, 0.3) is 0 Å². The molecule has 1 amide bonds. The van der Waals surface area contributed by atoms with E-state index in [4.69, 9.17) is 4.74 Å². The number of rotatable bonds is 7. The molecule has 5 nitrogen and oxygen atoms in total. The predicted molar refractivity (Wildman–Crippen MR) is 75.3 cm³/mol. The molecule has 0 aromatic heterocycles. The van der Waals surface area contributed by atoms with E-state index < -0.39 is 11.9 Å². The van der Waals surface area contributed by atoms with Crippen molar-refractivity contribution in [3.8, 4) is 5.75 Å². The highest BCUT2D eigenvalue weighted by molar-refractivity contribution is 5.82. The van der Waals surface area contributed by atoms with Crippen LogP contribution in [0.1, 0.15) is 20.3 Å². The van der Waals surface area contributed by atoms with Crippen LogP contribution in [0.25, 0.3) is 0 Å². The molecule has 1 aromatic carbocycles. The van der Waals surface area contributed by atoms with Gasteiger partial charge in [-0.2, -0.15) is 0 Å². The van der Waals surface area contributed by atoms with Crippen LogP contribution in [0.4, 0.5) is 4.39 Å². The molecule has 2 atom stereocenters. The van der Waals surface area contributed by atoms with Crippen LogP contribution in [0, 0.1) is 11.7 Å². The summed E-state index contributed by atoms with van der Waals surface area (Å²) in [4.78, 5) is 22.8. The number of nitrogens with one attached hydrogen (secondary N) is 1. The van der Waals surface area contributed by atoms with E-state index in [2.05, 4.69) is 10.1 Å². The first-order chi connectivity index (χ1) is 9.92. The lowest BCUT2D eigenvalue weighted by molar-refractivity contribution is -0.146. The van der Waals surface area contributed by atoms with E-state index in [1.807, 2.05) is 0 Å². The lowest BCUT2D eigenvalue weighted by atomic mass is 10.1. The molecule has 6 heteroatoms. The Balaban J connectivity index is 2.32. The van der Waals surface area contributed by atoms with Gasteiger partial charge in [0.1, 0.15) is 17.7 Å². The fourth-order valence-corrected chi connectivity index (χ4v) is 1.68. The minimum Gasteiger partial charge on any atom is -0.489 e. The summed E-state index contributed by atoms with van der Waals surface area (Å²) < 4.78 is 22.8. The van der Waals surface area contributed by atoms with E-state index in [1.165, 1.54) is 31.4 Å². The number of methoxy groups -OCH3 is 1. The van der Waals surface area contributed by atoms with Crippen LogP contribution in [0.2, 0.25) is 0 Å². The van der Waals surface area contributed by atoms with E-state index in [1.54, 1.807) is 13.8 Å². The monoisotopic (exact) mass is 297 g/mol. The Morgan fingerprint density at radius 3 is 2.43 bits per heavy atom. The van der Waals surface area contributed by atoms with Crippen LogP contribution in [-0.2, 0) is 14.3 Å². The lowest BCUT2D eigenvalue weighted by Gasteiger charge is -2.16. The van der Waals surface area contributed by atoms with Crippen molar-refractivity contribution in [2.24, 2.45) is 5.92 Å². The molecule has 21 heavy (non-hydrogen) atoms. The maximum Gasteiger partial charge on any atom is 0.308 e. The van der Waals surface area contributed by atoms with Crippen molar-refractivity contribution in [1.82, 2.24) is 5.32 Å². The van der Waals surface area contributed by atoms with Crippen LogP contribution in [-0.4, -0.2) is 31.6 Å². The molecule has 1 N–H and O–H groups in total. The van der Waals surface area contributed by atoms with Crippen molar-refractivity contribution in [2.75, 3.05) is 13.7 Å². The average Bonchev–Trinajstić information content (AvgIpc) is 2.46. The molecule has 0 bridgehead atoms. The summed E-state index contributed by atoms with van der Waals surface area (Å²) >= 11 is 0. The van der Waals surface area contributed by atoms with E-state index in [0.29, 0.717) is 12.3 Å². The highest BCUT2D eigenvalue weighted by atomic mass is 19.1. The summed E-state index contributed by atoms with van der Waals surface area (Å²) in [5.74, 6) is -0.951. The van der Waals surface area contributed by atoms with Crippen molar-refractivity contribution in [2.45, 2.75) is 26.4 Å². The van der Waals surface area contributed by atoms with E-state index >= 15 is 0 Å². The maximum atomic E-state index is 12.7. The van der Waals surface area contributed by atoms with Crippen molar-refractivity contribution >= 4 is 11.9 Å². The van der Waals surface area contributed by atoms with Crippen molar-refractivity contribution in [1.29, 1.82) is 0 Å². The number of benzene rings is 1. The molecule has 0 heterocycles. The van der Waals surface area contributed by atoms with E-state index in [-0.39, 0.29) is 24.2 Å². The molecule has 0 unspecified atom stereocenters. The molecule has 0 saturated heterocycles. The van der Waals surface area contributed by atoms with Gasteiger partial charge >= 0.3 is 5.97 Å². The molecule has 0 fully saturated rings. The minimum atomic E-state index is -0.483. The van der Waals surface area contributed by atoms with Gasteiger partial charge in [0.2, 0.25) is 5.91 Å². The normalized spacial score (nSPS) is 13.1. The molecular weight excluding hydrogens is 277 g/mol. The zero-order chi connectivity index (χ0) is 15.8. The SMILES string of the molecule is COC(=O)[C@H](C)CC(=O)NC[C@@H](C)Oc1ccc(F)cc1. The molecule has 0 radical (unpaired) electrons. The highest BCUT2D eigenvalue weighted by Crippen LogP contribution is 2.12. The number of halogens is 1. The summed E-state index contributed by atoms with van der Waals surface area (Å²) in [7, 11) is 1.29. The Morgan fingerprint density at radius 1 is 1.24 bits per heavy atom. The molecule has 116 valence electrons. The quantitative estimate of drug-likeness (QED) is 0.781. The van der Waals surface area contributed by atoms with Crippen LogP contribution in [0.5, 0.6) is 5.75 Å². The largest absolute Gasteiger partial charge is 0.489 e. The minimum absolute atomic E-state index is 0.0654. The van der Waals surface area contributed by atoms with Crippen LogP contribution >= 0.6 is 0 Å². The predicted octanol–water partition coefficient (Wildman–Crippen LogP) is 1.91. The Kier molecular flexibility index (Phi) is 6.65. The molecule has 1 aromatic rings. The third-order valence-corrected chi connectivity index (χ3v) is 2.83. The van der Waals surface area contributed by atoms with E-state index in [0.717, 1.165) is 0 Å². The molecule has 1 rings (SSSR count). The number of esters is 1. The summed E-state index contributed by atoms with van der Waals surface area (Å²) in [6.07, 6.45) is -0.205. The van der Waals surface area contributed by atoms with Crippen LogP contribution in [0.15, 0.2) is 24.3 Å². The lowest BCUT2D eigenvalue weighted by Crippen LogP contribution is -2.35. The standard InChI is InChI=1S/C15H20FNO4/c1-10(15(19)20-3)8-14(18)17-9-11(2)21-13-6-4-12(16)5-7-13/h4-7,10-11H,8-9H2,1-3H3,(H,17,18)/t10-,11-/m1/s1. The van der Waals surface area contributed by atoms with Gasteiger partial charge in [-0.15, -0.1) is 0 Å². The first-order valence-electron chi connectivity index (χ1n) is 6.69. The van der Waals surface area contributed by atoms with Gasteiger partial charge in [0, 0.05) is 6.42 Å². The first kappa shape index (κ1) is 16.9. The average molecular weight is 297 g/mol. The number of ether oxygens (including phenoxy) is 2. The Morgan fingerprint density at radius 2 is 1.86 bits per heavy atom. The summed E-state index contributed by atoms with van der Waals surface area (Å²) in [5, 5.41) is 2.68. The van der Waals surface area contributed by atoms with Gasteiger partial charge in [-0.3, -0.25) is 9.59 Å². The van der Waals surface area contributed by atoms with Crippen LogP contribution in [0.3, 0.4) is 0 Å². The highest BCUT2D eigenvalue weighted by Gasteiger charge is 2.17. The fourth-order valence-electron chi connectivity index (χ4n) is 1.68. The third kappa shape index (κ3) is 6.25. The number of hydrogen-bond acceptors (Lipinski definition) is 4. The molecule has 0 spiro atoms. The number of carbonyl (C=O) groups excluding carboxylic acids is 2. The molecule has 0 saturated carbocycles. The molecular formula is C15H20FNO4. The van der Waals surface area contributed by atoms with E-state index in [9.17, 15) is 14.0 Å². The smallest absolute Gasteiger partial charge is 0.308 e. The third-order valence-electron chi connectivity index (χ3n) is 2.83. The topological polar surface area (TPSA) is 64.6 Å².